The van der Waals surface area contributed by atoms with Gasteiger partial charge in [-0.3, -0.25) is 4.90 Å². The van der Waals surface area contributed by atoms with Crippen molar-refractivity contribution in [3.05, 3.63) is 30.6 Å². The molecule has 0 N–H and O–H groups in total. The highest BCUT2D eigenvalue weighted by atomic mass is 16.5. The van der Waals surface area contributed by atoms with Gasteiger partial charge in [-0.25, -0.2) is 9.97 Å². The van der Waals surface area contributed by atoms with Crippen molar-refractivity contribution >= 4 is 27.9 Å². The van der Waals surface area contributed by atoms with E-state index >= 15 is 0 Å². The van der Waals surface area contributed by atoms with Crippen LogP contribution < -0.4 is 4.90 Å². The molecule has 6 nitrogen and oxygen atoms in total. The monoisotopic (exact) mass is 352 g/mol. The molecule has 4 heterocycles. The zero-order valence-electron chi connectivity index (χ0n) is 14.9. The molecule has 0 bridgehead atoms. The first kappa shape index (κ1) is 16.0. The van der Waals surface area contributed by atoms with Gasteiger partial charge in [-0.2, -0.15) is 0 Å². The number of para-hydroxylation sites is 1. The van der Waals surface area contributed by atoms with E-state index in [0.29, 0.717) is 5.92 Å². The quantitative estimate of drug-likeness (QED) is 0.722. The Morgan fingerprint density at radius 1 is 1.08 bits per heavy atom. The minimum atomic E-state index is 0.663. The fourth-order valence-electron chi connectivity index (χ4n) is 4.29. The molecule has 1 atom stereocenters. The van der Waals surface area contributed by atoms with Crippen molar-refractivity contribution in [2.75, 3.05) is 50.8 Å². The predicted molar refractivity (Wildman–Crippen MR) is 102 cm³/mol. The van der Waals surface area contributed by atoms with E-state index in [2.05, 4.69) is 25.8 Å². The number of furan rings is 1. The molecule has 0 radical (unpaired) electrons. The lowest BCUT2D eigenvalue weighted by Crippen LogP contribution is -2.44. The van der Waals surface area contributed by atoms with E-state index in [1.54, 1.807) is 6.33 Å². The minimum Gasteiger partial charge on any atom is -0.450 e. The highest BCUT2D eigenvalue weighted by Gasteiger charge is 2.26. The lowest BCUT2D eigenvalue weighted by molar-refractivity contribution is 0.0296. The summed E-state index contributed by atoms with van der Waals surface area (Å²) in [4.78, 5) is 14.0. The highest BCUT2D eigenvalue weighted by molar-refractivity contribution is 6.05. The molecule has 2 aliphatic rings. The normalized spacial score (nSPS) is 22.3. The number of morpholine rings is 1. The van der Waals surface area contributed by atoms with Gasteiger partial charge < -0.3 is 14.1 Å². The maximum absolute atomic E-state index is 6.13. The molecular weight excluding hydrogens is 328 g/mol. The molecule has 6 heteroatoms. The van der Waals surface area contributed by atoms with Crippen molar-refractivity contribution < 1.29 is 9.15 Å². The van der Waals surface area contributed by atoms with Gasteiger partial charge in [0.2, 0.25) is 0 Å². The first-order valence-electron chi connectivity index (χ1n) is 9.56. The molecule has 3 aromatic rings. The third-order valence-corrected chi connectivity index (χ3v) is 5.58. The SMILES string of the molecule is c1ccc2c(c1)oc1c(N3CCCC(CN4CCOCC4)C3)ncnc12. The second-order valence-corrected chi connectivity index (χ2v) is 7.34. The average molecular weight is 352 g/mol. The van der Waals surface area contributed by atoms with Crippen molar-refractivity contribution in [2.45, 2.75) is 12.8 Å². The number of aromatic nitrogens is 2. The first-order valence-corrected chi connectivity index (χ1v) is 9.56. The number of piperidine rings is 1. The summed E-state index contributed by atoms with van der Waals surface area (Å²) >= 11 is 0. The zero-order chi connectivity index (χ0) is 17.3. The standard InChI is InChI=1S/C20H24N4O2/c1-2-6-17-16(5-1)18-19(26-17)20(22-14-21-18)24-7-3-4-15(13-24)12-23-8-10-25-11-9-23/h1-2,5-6,14-15H,3-4,7-13H2. The van der Waals surface area contributed by atoms with Gasteiger partial charge in [0.05, 0.1) is 13.2 Å². The number of hydrogen-bond acceptors (Lipinski definition) is 6. The Hall–Kier alpha value is -2.18. The summed E-state index contributed by atoms with van der Waals surface area (Å²) in [7, 11) is 0. The van der Waals surface area contributed by atoms with E-state index in [1.165, 1.54) is 12.8 Å². The van der Waals surface area contributed by atoms with E-state index in [-0.39, 0.29) is 0 Å². The fraction of sp³-hybridized carbons (Fsp3) is 0.500. The number of benzene rings is 1. The molecule has 2 saturated heterocycles. The number of nitrogens with zero attached hydrogens (tertiary/aromatic N) is 4. The Morgan fingerprint density at radius 3 is 2.88 bits per heavy atom. The maximum atomic E-state index is 6.13. The summed E-state index contributed by atoms with van der Waals surface area (Å²) in [5.74, 6) is 1.61. The molecule has 0 saturated carbocycles. The summed E-state index contributed by atoms with van der Waals surface area (Å²) in [6.45, 7) is 7.04. The van der Waals surface area contributed by atoms with Crippen molar-refractivity contribution in [3.8, 4) is 0 Å². The largest absolute Gasteiger partial charge is 0.450 e. The number of rotatable bonds is 3. The lowest BCUT2D eigenvalue weighted by atomic mass is 9.97. The van der Waals surface area contributed by atoms with E-state index < -0.39 is 0 Å². The molecule has 0 amide bonds. The molecule has 2 fully saturated rings. The van der Waals surface area contributed by atoms with Crippen LogP contribution in [0.15, 0.2) is 35.0 Å². The van der Waals surface area contributed by atoms with Crippen LogP contribution in [-0.4, -0.2) is 60.8 Å². The van der Waals surface area contributed by atoms with E-state index in [9.17, 15) is 0 Å². The van der Waals surface area contributed by atoms with Crippen molar-refractivity contribution in [1.82, 2.24) is 14.9 Å². The van der Waals surface area contributed by atoms with Crippen LogP contribution in [0.4, 0.5) is 5.82 Å². The van der Waals surface area contributed by atoms with Gasteiger partial charge in [0.15, 0.2) is 11.4 Å². The molecular formula is C20H24N4O2. The van der Waals surface area contributed by atoms with Gasteiger partial charge in [-0.15, -0.1) is 0 Å². The minimum absolute atomic E-state index is 0.663. The van der Waals surface area contributed by atoms with Gasteiger partial charge in [-0.05, 0) is 30.9 Å². The van der Waals surface area contributed by atoms with Crippen LogP contribution in [-0.2, 0) is 4.74 Å². The third-order valence-electron chi connectivity index (χ3n) is 5.58. The van der Waals surface area contributed by atoms with Gasteiger partial charge in [-0.1, -0.05) is 12.1 Å². The molecule has 0 spiro atoms. The van der Waals surface area contributed by atoms with Crippen LogP contribution >= 0.6 is 0 Å². The molecule has 1 aromatic carbocycles. The van der Waals surface area contributed by atoms with E-state index in [4.69, 9.17) is 9.15 Å². The van der Waals surface area contributed by atoms with E-state index in [0.717, 1.165) is 73.8 Å². The van der Waals surface area contributed by atoms with Crippen LogP contribution in [0.3, 0.4) is 0 Å². The number of anilines is 1. The van der Waals surface area contributed by atoms with Crippen LogP contribution in [0, 0.1) is 5.92 Å². The van der Waals surface area contributed by atoms with Gasteiger partial charge in [0.1, 0.15) is 17.4 Å². The molecule has 136 valence electrons. The second-order valence-electron chi connectivity index (χ2n) is 7.34. The number of hydrogen-bond donors (Lipinski definition) is 0. The first-order chi connectivity index (χ1) is 12.9. The summed E-state index contributed by atoms with van der Waals surface area (Å²) in [6.07, 6.45) is 4.15. The molecule has 2 aromatic heterocycles. The van der Waals surface area contributed by atoms with Gasteiger partial charge in [0.25, 0.3) is 0 Å². The summed E-state index contributed by atoms with van der Waals surface area (Å²) in [6, 6.07) is 8.09. The average Bonchev–Trinajstić information content (AvgIpc) is 3.08. The Labute approximate surface area is 152 Å². The van der Waals surface area contributed by atoms with Crippen LogP contribution in [0.25, 0.3) is 22.1 Å². The van der Waals surface area contributed by atoms with Crippen molar-refractivity contribution in [2.24, 2.45) is 5.92 Å². The molecule has 2 aliphatic heterocycles. The highest BCUT2D eigenvalue weighted by Crippen LogP contribution is 2.33. The summed E-state index contributed by atoms with van der Waals surface area (Å²) in [5, 5.41) is 1.06. The zero-order valence-corrected chi connectivity index (χ0v) is 14.9. The van der Waals surface area contributed by atoms with Gasteiger partial charge in [0, 0.05) is 38.1 Å². The second kappa shape index (κ2) is 6.85. The summed E-state index contributed by atoms with van der Waals surface area (Å²) < 4.78 is 11.6. The van der Waals surface area contributed by atoms with Crippen LogP contribution in [0.1, 0.15) is 12.8 Å². The van der Waals surface area contributed by atoms with Crippen LogP contribution in [0.2, 0.25) is 0 Å². The smallest absolute Gasteiger partial charge is 0.196 e. The van der Waals surface area contributed by atoms with Crippen molar-refractivity contribution in [3.63, 3.8) is 0 Å². The maximum Gasteiger partial charge on any atom is 0.196 e. The fourth-order valence-corrected chi connectivity index (χ4v) is 4.29. The number of fused-ring (bicyclic) bond motifs is 3. The Kier molecular flexibility index (Phi) is 4.22. The Bertz CT molecular complexity index is 903. The predicted octanol–water partition coefficient (Wildman–Crippen LogP) is 2.92. The Morgan fingerprint density at radius 2 is 1.96 bits per heavy atom. The van der Waals surface area contributed by atoms with Crippen LogP contribution in [0.5, 0.6) is 0 Å². The lowest BCUT2D eigenvalue weighted by Gasteiger charge is -2.37. The Balaban J connectivity index is 1.41. The topological polar surface area (TPSA) is 54.6 Å². The molecule has 0 aliphatic carbocycles. The third kappa shape index (κ3) is 2.93. The summed E-state index contributed by atoms with van der Waals surface area (Å²) in [5.41, 5.74) is 2.62. The van der Waals surface area contributed by atoms with E-state index in [1.807, 2.05) is 18.2 Å². The molecule has 1 unspecified atom stereocenters. The van der Waals surface area contributed by atoms with Gasteiger partial charge >= 0.3 is 0 Å². The van der Waals surface area contributed by atoms with Crippen molar-refractivity contribution in [1.29, 1.82) is 0 Å². The number of ether oxygens (including phenoxy) is 1. The molecule has 26 heavy (non-hydrogen) atoms. The molecule has 5 rings (SSSR count).